The third-order valence-corrected chi connectivity index (χ3v) is 11.8. The second-order valence-electron chi connectivity index (χ2n) is 15.4. The third-order valence-electron chi connectivity index (χ3n) is 11.8. The minimum Gasteiger partial charge on any atom is -0.280 e. The molecule has 0 saturated heterocycles. The van der Waals surface area contributed by atoms with E-state index in [1.165, 1.54) is 32.7 Å². The fourth-order valence-electron chi connectivity index (χ4n) is 9.08. The number of benzene rings is 8. The fraction of sp³-hybridized carbons (Fsp3) is 0.0370. The lowest BCUT2D eigenvalue weighted by Crippen LogP contribution is -2.20. The van der Waals surface area contributed by atoms with Gasteiger partial charge >= 0.3 is 0 Å². The van der Waals surface area contributed by atoms with Crippen LogP contribution >= 0.6 is 0 Å². The second-order valence-corrected chi connectivity index (χ2v) is 15.4. The lowest BCUT2D eigenvalue weighted by Gasteiger charge is -2.28. The van der Waals surface area contributed by atoms with Crippen LogP contribution in [0.4, 0.5) is 11.6 Å². The minimum absolute atomic E-state index is 0.593. The summed E-state index contributed by atoms with van der Waals surface area (Å²) in [5.41, 5.74) is 12.6. The Morgan fingerprint density at radius 2 is 1.07 bits per heavy atom. The Morgan fingerprint density at radius 3 is 1.85 bits per heavy atom. The van der Waals surface area contributed by atoms with Gasteiger partial charge in [0.25, 0.3) is 0 Å². The Labute approximate surface area is 347 Å². The van der Waals surface area contributed by atoms with Crippen molar-refractivity contribution in [2.45, 2.75) is 12.8 Å². The normalized spacial score (nSPS) is 13.4. The van der Waals surface area contributed by atoms with Crippen LogP contribution in [0, 0.1) is 0 Å². The van der Waals surface area contributed by atoms with Gasteiger partial charge in [-0.25, -0.2) is 19.9 Å². The molecule has 0 fully saturated rings. The van der Waals surface area contributed by atoms with Crippen LogP contribution in [0.15, 0.2) is 200 Å². The van der Waals surface area contributed by atoms with Gasteiger partial charge in [0.2, 0.25) is 5.95 Å². The number of fused-ring (bicyclic) bond motifs is 9. The Kier molecular flexibility index (Phi) is 7.88. The number of hydrogen-bond donors (Lipinski definition) is 0. The quantitative estimate of drug-likeness (QED) is 0.163. The van der Waals surface area contributed by atoms with Crippen LogP contribution < -0.4 is 4.90 Å². The highest BCUT2D eigenvalue weighted by Gasteiger charge is 2.31. The molecule has 8 aromatic carbocycles. The van der Waals surface area contributed by atoms with Crippen molar-refractivity contribution in [3.05, 3.63) is 205 Å². The molecule has 0 spiro atoms. The van der Waals surface area contributed by atoms with Gasteiger partial charge in [-0.2, -0.15) is 0 Å². The molecule has 0 unspecified atom stereocenters. The largest absolute Gasteiger partial charge is 0.280 e. The summed E-state index contributed by atoms with van der Waals surface area (Å²) in [5.74, 6) is 2.66. The van der Waals surface area contributed by atoms with Gasteiger partial charge in [-0.3, -0.25) is 9.47 Å². The van der Waals surface area contributed by atoms with Crippen molar-refractivity contribution in [3.8, 4) is 51.0 Å². The first kappa shape index (κ1) is 34.1. The summed E-state index contributed by atoms with van der Waals surface area (Å²) in [6.45, 7) is 0. The lowest BCUT2D eigenvalue weighted by molar-refractivity contribution is 1.00. The highest BCUT2D eigenvalue weighted by Crippen LogP contribution is 2.47. The maximum Gasteiger partial charge on any atom is 0.220 e. The van der Waals surface area contributed by atoms with Crippen molar-refractivity contribution in [2.75, 3.05) is 4.90 Å². The topological polar surface area (TPSA) is 59.7 Å². The summed E-state index contributed by atoms with van der Waals surface area (Å²) in [7, 11) is 0. The van der Waals surface area contributed by atoms with Crippen molar-refractivity contribution < 1.29 is 0 Å². The SMILES string of the molecule is C1=CC2=C(CC1)c1ccccc1-n1c(nc3ccccc31)N2c1cc(-c2nc(-c3ccccc3)nc(-c3ccccc3)n2)cc(-c2cc3ccccc3c3ccccc23)c1. The predicted octanol–water partition coefficient (Wildman–Crippen LogP) is 13.4. The number of anilines is 2. The molecule has 0 saturated carbocycles. The molecular formula is C54H36N6. The van der Waals surface area contributed by atoms with E-state index in [0.29, 0.717) is 17.5 Å². The Morgan fingerprint density at radius 1 is 0.450 bits per heavy atom. The van der Waals surface area contributed by atoms with Gasteiger partial charge in [0.1, 0.15) is 0 Å². The van der Waals surface area contributed by atoms with E-state index in [1.54, 1.807) is 0 Å². The van der Waals surface area contributed by atoms with Crippen LogP contribution in [0.25, 0.3) is 89.1 Å². The zero-order valence-corrected chi connectivity index (χ0v) is 32.6. The highest BCUT2D eigenvalue weighted by molar-refractivity contribution is 6.14. The van der Waals surface area contributed by atoms with E-state index in [4.69, 9.17) is 19.9 Å². The van der Waals surface area contributed by atoms with Gasteiger partial charge in [0.15, 0.2) is 17.5 Å². The molecule has 6 heteroatoms. The molecule has 282 valence electrons. The zero-order valence-electron chi connectivity index (χ0n) is 32.6. The van der Waals surface area contributed by atoms with Crippen LogP contribution in [0.5, 0.6) is 0 Å². The lowest BCUT2D eigenvalue weighted by atomic mass is 9.91. The van der Waals surface area contributed by atoms with Crippen LogP contribution in [-0.2, 0) is 0 Å². The summed E-state index contributed by atoms with van der Waals surface area (Å²) in [4.78, 5) is 23.4. The van der Waals surface area contributed by atoms with Crippen LogP contribution in [0.1, 0.15) is 18.4 Å². The maximum atomic E-state index is 5.44. The van der Waals surface area contributed by atoms with Gasteiger partial charge < -0.3 is 0 Å². The molecule has 0 radical (unpaired) electrons. The molecule has 0 amide bonds. The molecular weight excluding hydrogens is 733 g/mol. The number of aromatic nitrogens is 5. The predicted molar refractivity (Wildman–Crippen MR) is 245 cm³/mol. The molecule has 1 aliphatic heterocycles. The molecule has 0 bridgehead atoms. The standard InChI is InChI=1S/C54H36N6/c1-3-17-35(18-4-1)51-56-52(36-19-5-2-6-20-36)58-53(57-51)39-31-38(46-34-37-21-7-8-22-41(37)42-23-9-10-24-43(42)46)32-40(33-39)59-48-28-14-11-25-44(48)45-26-12-15-29-49(45)60-50-30-16-13-27-47(50)55-54(59)60/h1-10,12-24,26-34H,11,25H2. The molecule has 3 heterocycles. The molecule has 0 atom stereocenters. The first-order valence-electron chi connectivity index (χ1n) is 20.5. The molecule has 1 aliphatic carbocycles. The maximum absolute atomic E-state index is 5.44. The zero-order chi connectivity index (χ0) is 39.6. The molecule has 60 heavy (non-hydrogen) atoms. The minimum atomic E-state index is 0.593. The van der Waals surface area contributed by atoms with Gasteiger partial charge in [0, 0.05) is 22.3 Å². The van der Waals surface area contributed by atoms with Crippen molar-refractivity contribution >= 4 is 49.8 Å². The second kappa shape index (κ2) is 13.9. The number of rotatable bonds is 5. The number of imidazole rings is 1. The smallest absolute Gasteiger partial charge is 0.220 e. The average molecular weight is 769 g/mol. The van der Waals surface area contributed by atoms with E-state index < -0.39 is 0 Å². The highest BCUT2D eigenvalue weighted by atomic mass is 15.3. The molecule has 2 aliphatic rings. The Bertz CT molecular complexity index is 3320. The van der Waals surface area contributed by atoms with Crippen molar-refractivity contribution in [3.63, 3.8) is 0 Å². The van der Waals surface area contributed by atoms with Crippen LogP contribution in [-0.4, -0.2) is 24.5 Å². The van der Waals surface area contributed by atoms with E-state index in [9.17, 15) is 0 Å². The Hall–Kier alpha value is -7.96. The molecule has 6 nitrogen and oxygen atoms in total. The molecule has 10 aromatic rings. The summed E-state index contributed by atoms with van der Waals surface area (Å²) in [6, 6.07) is 64.1. The van der Waals surface area contributed by atoms with Crippen LogP contribution in [0.2, 0.25) is 0 Å². The number of allylic oxidation sites excluding steroid dienone is 3. The van der Waals surface area contributed by atoms with E-state index in [2.05, 4.69) is 167 Å². The summed E-state index contributed by atoms with van der Waals surface area (Å²) in [6.07, 6.45) is 6.46. The molecule has 0 N–H and O–H groups in total. The van der Waals surface area contributed by atoms with E-state index >= 15 is 0 Å². The Balaban J connectivity index is 1.19. The summed E-state index contributed by atoms with van der Waals surface area (Å²) >= 11 is 0. The summed E-state index contributed by atoms with van der Waals surface area (Å²) < 4.78 is 2.33. The van der Waals surface area contributed by atoms with Crippen molar-refractivity contribution in [2.24, 2.45) is 0 Å². The van der Waals surface area contributed by atoms with E-state index in [-0.39, 0.29) is 0 Å². The van der Waals surface area contributed by atoms with Gasteiger partial charge in [-0.15, -0.1) is 0 Å². The first-order chi connectivity index (χ1) is 29.7. The van der Waals surface area contributed by atoms with Crippen molar-refractivity contribution in [1.82, 2.24) is 24.5 Å². The monoisotopic (exact) mass is 768 g/mol. The number of para-hydroxylation sites is 3. The molecule has 12 rings (SSSR count). The third kappa shape index (κ3) is 5.57. The number of hydrogen-bond acceptors (Lipinski definition) is 5. The first-order valence-corrected chi connectivity index (χ1v) is 20.5. The number of nitrogens with zero attached hydrogens (tertiary/aromatic N) is 6. The molecule has 2 aromatic heterocycles. The van der Waals surface area contributed by atoms with E-state index in [1.807, 2.05) is 36.4 Å². The average Bonchev–Trinajstić information content (AvgIpc) is 3.65. The van der Waals surface area contributed by atoms with E-state index in [0.717, 1.165) is 74.7 Å². The van der Waals surface area contributed by atoms with Crippen LogP contribution in [0.3, 0.4) is 0 Å². The van der Waals surface area contributed by atoms with Gasteiger partial charge in [-0.05, 0) is 99.6 Å². The summed E-state index contributed by atoms with van der Waals surface area (Å²) in [5, 5.41) is 4.80. The fourth-order valence-corrected chi connectivity index (χ4v) is 9.08. The van der Waals surface area contributed by atoms with Gasteiger partial charge in [0.05, 0.1) is 28.1 Å². The van der Waals surface area contributed by atoms with Crippen molar-refractivity contribution in [1.29, 1.82) is 0 Å². The van der Waals surface area contributed by atoms with Gasteiger partial charge in [-0.1, -0.05) is 146 Å².